The molecule has 0 radical (unpaired) electrons. The van der Waals surface area contributed by atoms with E-state index in [0.717, 1.165) is 12.4 Å². The molecule has 0 aliphatic heterocycles. The van der Waals surface area contributed by atoms with Crippen molar-refractivity contribution >= 4 is 23.4 Å². The molecule has 1 N–H and O–H groups in total. The van der Waals surface area contributed by atoms with Crippen molar-refractivity contribution in [3.63, 3.8) is 0 Å². The van der Waals surface area contributed by atoms with Gasteiger partial charge in [0, 0.05) is 12.4 Å². The van der Waals surface area contributed by atoms with E-state index >= 15 is 0 Å². The molecule has 2 amide bonds. The molecule has 0 aliphatic carbocycles. The molecule has 5 nitrogen and oxygen atoms in total. The van der Waals surface area contributed by atoms with Crippen LogP contribution in [-0.4, -0.2) is 16.8 Å². The first-order valence-corrected chi connectivity index (χ1v) is 5.79. The maximum absolute atomic E-state index is 12.7. The maximum atomic E-state index is 12.7. The van der Waals surface area contributed by atoms with E-state index in [1.807, 2.05) is 0 Å². The van der Waals surface area contributed by atoms with E-state index in [9.17, 15) is 22.8 Å². The Kier molecular flexibility index (Phi) is 3.99. The van der Waals surface area contributed by atoms with Crippen LogP contribution in [0.5, 0.6) is 0 Å². The summed E-state index contributed by atoms with van der Waals surface area (Å²) in [6.45, 7) is 0. The van der Waals surface area contributed by atoms with E-state index in [1.54, 1.807) is 5.32 Å². The van der Waals surface area contributed by atoms with Crippen molar-refractivity contribution in [3.8, 4) is 0 Å². The lowest BCUT2D eigenvalue weighted by Gasteiger charge is -2.11. The van der Waals surface area contributed by atoms with E-state index in [-0.39, 0.29) is 11.0 Å². The molecule has 2 heterocycles. The van der Waals surface area contributed by atoms with E-state index in [2.05, 4.69) is 4.98 Å². The van der Waals surface area contributed by atoms with Crippen LogP contribution in [0.25, 0.3) is 0 Å². The van der Waals surface area contributed by atoms with Gasteiger partial charge in [-0.15, -0.1) is 0 Å². The second-order valence-electron chi connectivity index (χ2n) is 3.81. The van der Waals surface area contributed by atoms with Crippen molar-refractivity contribution in [2.45, 2.75) is 6.18 Å². The number of alkyl halides is 3. The second kappa shape index (κ2) is 5.57. The van der Waals surface area contributed by atoms with Crippen LogP contribution in [0, 0.1) is 0 Å². The summed E-state index contributed by atoms with van der Waals surface area (Å²) in [5.74, 6) is -2.55. The van der Waals surface area contributed by atoms with Gasteiger partial charge in [-0.2, -0.15) is 13.2 Å². The number of furan rings is 1. The van der Waals surface area contributed by atoms with Crippen molar-refractivity contribution in [2.75, 3.05) is 0 Å². The topological polar surface area (TPSA) is 72.2 Å². The van der Waals surface area contributed by atoms with Gasteiger partial charge in [-0.1, -0.05) is 0 Å². The van der Waals surface area contributed by atoms with Crippen LogP contribution in [0.3, 0.4) is 0 Å². The zero-order chi connectivity index (χ0) is 15.6. The Balaban J connectivity index is 2.24. The molecule has 0 aliphatic rings. The third-order valence-electron chi connectivity index (χ3n) is 2.40. The minimum atomic E-state index is -4.74. The van der Waals surface area contributed by atoms with Crippen molar-refractivity contribution in [3.05, 3.63) is 52.7 Å². The lowest BCUT2D eigenvalue weighted by atomic mass is 10.1. The van der Waals surface area contributed by atoms with Gasteiger partial charge in [-0.3, -0.25) is 19.9 Å². The molecule has 2 aromatic rings. The quantitative estimate of drug-likeness (QED) is 0.864. The molecular weight excluding hydrogens is 313 g/mol. The lowest BCUT2D eigenvalue weighted by molar-refractivity contribution is -0.138. The highest BCUT2D eigenvalue weighted by molar-refractivity contribution is 6.29. The van der Waals surface area contributed by atoms with Crippen molar-refractivity contribution < 1.29 is 27.2 Å². The Morgan fingerprint density at radius 2 is 1.90 bits per heavy atom. The molecule has 0 bridgehead atoms. The Labute approximate surface area is 120 Å². The van der Waals surface area contributed by atoms with E-state index in [0.29, 0.717) is 6.07 Å². The monoisotopic (exact) mass is 318 g/mol. The summed E-state index contributed by atoms with van der Waals surface area (Å²) >= 11 is 5.45. The smallest absolute Gasteiger partial charge is 0.417 e. The molecule has 0 fully saturated rings. The predicted octanol–water partition coefficient (Wildman–Crippen LogP) is 2.92. The summed E-state index contributed by atoms with van der Waals surface area (Å²) in [5, 5.41) is 1.68. The highest BCUT2D eigenvalue weighted by Gasteiger charge is 2.35. The normalized spacial score (nSPS) is 11.2. The molecule has 2 aromatic heterocycles. The standard InChI is InChI=1S/C12H6ClF3N2O3/c13-9-2-1-8(21-9)11(20)18-10(19)6-5-17-4-3-7(6)12(14,15)16/h1-5H,(H,18,19,20). The number of nitrogens with one attached hydrogen (secondary N) is 1. The summed E-state index contributed by atoms with van der Waals surface area (Å²) in [4.78, 5) is 26.8. The molecule has 2 rings (SSSR count). The first-order chi connectivity index (χ1) is 9.79. The number of imide groups is 1. The number of halogens is 4. The largest absolute Gasteiger partial charge is 0.440 e. The summed E-state index contributed by atoms with van der Waals surface area (Å²) in [7, 11) is 0. The Hall–Kier alpha value is -2.35. The number of carbonyl (C=O) groups is 2. The fourth-order valence-electron chi connectivity index (χ4n) is 1.49. The molecule has 0 saturated heterocycles. The third kappa shape index (κ3) is 3.40. The molecule has 9 heteroatoms. The summed E-state index contributed by atoms with van der Waals surface area (Å²) < 4.78 is 43.0. The number of nitrogens with zero attached hydrogens (tertiary/aromatic N) is 1. The third-order valence-corrected chi connectivity index (χ3v) is 2.60. The van der Waals surface area contributed by atoms with Crippen molar-refractivity contribution in [1.82, 2.24) is 10.3 Å². The lowest BCUT2D eigenvalue weighted by Crippen LogP contribution is -2.32. The minimum absolute atomic E-state index is 0.0926. The minimum Gasteiger partial charge on any atom is -0.440 e. The number of hydrogen-bond donors (Lipinski definition) is 1. The number of hydrogen-bond acceptors (Lipinski definition) is 4. The highest BCUT2D eigenvalue weighted by Crippen LogP contribution is 2.31. The molecule has 110 valence electrons. The zero-order valence-electron chi connectivity index (χ0n) is 10.1. The molecule has 0 unspecified atom stereocenters. The van der Waals surface area contributed by atoms with Crippen LogP contribution in [0.4, 0.5) is 13.2 Å². The molecular formula is C12H6ClF3N2O3. The Morgan fingerprint density at radius 1 is 1.19 bits per heavy atom. The number of carbonyl (C=O) groups excluding carboxylic acids is 2. The van der Waals surface area contributed by atoms with Crippen LogP contribution in [0.15, 0.2) is 35.0 Å². The van der Waals surface area contributed by atoms with Gasteiger partial charge in [0.15, 0.2) is 11.0 Å². The number of aromatic nitrogens is 1. The van der Waals surface area contributed by atoms with E-state index < -0.39 is 29.1 Å². The van der Waals surface area contributed by atoms with Crippen molar-refractivity contribution in [2.24, 2.45) is 0 Å². The fraction of sp³-hybridized carbons (Fsp3) is 0.0833. The number of rotatable bonds is 2. The van der Waals surface area contributed by atoms with Crippen LogP contribution in [0.2, 0.25) is 5.22 Å². The van der Waals surface area contributed by atoms with Crippen LogP contribution in [-0.2, 0) is 6.18 Å². The summed E-state index contributed by atoms with van der Waals surface area (Å²) in [6.07, 6.45) is -3.12. The molecule has 0 saturated carbocycles. The van der Waals surface area contributed by atoms with Gasteiger partial charge in [0.25, 0.3) is 11.8 Å². The van der Waals surface area contributed by atoms with Gasteiger partial charge in [-0.05, 0) is 29.8 Å². The first kappa shape index (κ1) is 15.0. The molecule has 0 atom stereocenters. The Bertz CT molecular complexity index is 697. The fourth-order valence-corrected chi connectivity index (χ4v) is 1.64. The van der Waals surface area contributed by atoms with Gasteiger partial charge in [0.2, 0.25) is 0 Å². The van der Waals surface area contributed by atoms with Gasteiger partial charge in [-0.25, -0.2) is 0 Å². The van der Waals surface area contributed by atoms with Crippen LogP contribution < -0.4 is 5.32 Å². The second-order valence-corrected chi connectivity index (χ2v) is 4.18. The van der Waals surface area contributed by atoms with Gasteiger partial charge >= 0.3 is 6.18 Å². The SMILES string of the molecule is O=C(NC(=O)c1cnccc1C(F)(F)F)c1ccc(Cl)o1. The Morgan fingerprint density at radius 3 is 2.48 bits per heavy atom. The average molecular weight is 319 g/mol. The first-order valence-electron chi connectivity index (χ1n) is 5.41. The van der Waals surface area contributed by atoms with Gasteiger partial charge in [0.1, 0.15) is 0 Å². The summed E-state index contributed by atoms with van der Waals surface area (Å²) in [5.41, 5.74) is -1.96. The van der Waals surface area contributed by atoms with Gasteiger partial charge in [0.05, 0.1) is 11.1 Å². The van der Waals surface area contributed by atoms with Crippen LogP contribution >= 0.6 is 11.6 Å². The van der Waals surface area contributed by atoms with Gasteiger partial charge < -0.3 is 4.42 Å². The average Bonchev–Trinajstić information content (AvgIpc) is 2.84. The zero-order valence-corrected chi connectivity index (χ0v) is 10.8. The summed E-state index contributed by atoms with van der Waals surface area (Å²) in [6, 6.07) is 3.08. The number of amides is 2. The predicted molar refractivity (Wildman–Crippen MR) is 64.8 cm³/mol. The van der Waals surface area contributed by atoms with Crippen LogP contribution in [0.1, 0.15) is 26.5 Å². The van der Waals surface area contributed by atoms with E-state index in [4.69, 9.17) is 16.0 Å². The molecule has 0 aromatic carbocycles. The number of pyridine rings is 1. The molecule has 21 heavy (non-hydrogen) atoms. The highest BCUT2D eigenvalue weighted by atomic mass is 35.5. The van der Waals surface area contributed by atoms with Crippen molar-refractivity contribution in [1.29, 1.82) is 0 Å². The van der Waals surface area contributed by atoms with E-state index in [1.165, 1.54) is 12.1 Å². The molecule has 0 spiro atoms. The maximum Gasteiger partial charge on any atom is 0.417 e.